The molecular weight excluding hydrogens is 586 g/mol. The highest BCUT2D eigenvalue weighted by Gasteiger charge is 2.41. The number of nitrogens with one attached hydrogen (secondary N) is 6. The van der Waals surface area contributed by atoms with Crippen molar-refractivity contribution in [2.45, 2.75) is 102 Å². The highest BCUT2D eigenvalue weighted by molar-refractivity contribution is 5.96. The lowest BCUT2D eigenvalue weighted by Crippen LogP contribution is -2.58. The van der Waals surface area contributed by atoms with Crippen LogP contribution in [0.15, 0.2) is 0 Å². The van der Waals surface area contributed by atoms with E-state index in [0.29, 0.717) is 51.5 Å². The van der Waals surface area contributed by atoms with Gasteiger partial charge >= 0.3 is 5.97 Å². The summed E-state index contributed by atoms with van der Waals surface area (Å²) in [5.41, 5.74) is 5.36. The van der Waals surface area contributed by atoms with E-state index in [2.05, 4.69) is 26.6 Å². The average Bonchev–Trinajstić information content (AvgIpc) is 3.78. The first-order valence-electron chi connectivity index (χ1n) is 15.9. The van der Waals surface area contributed by atoms with E-state index in [9.17, 15) is 33.9 Å². The quantitative estimate of drug-likeness (QED) is 0.0570. The summed E-state index contributed by atoms with van der Waals surface area (Å²) in [6.45, 7) is 5.07. The molecule has 252 valence electrons. The molecule has 0 aliphatic carbocycles. The van der Waals surface area contributed by atoms with Gasteiger partial charge in [0, 0.05) is 19.6 Å². The van der Waals surface area contributed by atoms with Crippen LogP contribution in [0, 0.1) is 11.3 Å². The minimum absolute atomic E-state index is 0.0274. The zero-order chi connectivity index (χ0) is 33.1. The van der Waals surface area contributed by atoms with Gasteiger partial charge in [-0.15, -0.1) is 0 Å². The standard InChI is InChI=1S/C29H49N9O7/c1-17(2)15-20(27(43)38-14-6-10-22(38)28(44)45)36-25(41)21-9-5-13-37(21)26(42)19(8-4-12-33-29(30)31)35-23(39)16-34-24(40)18-7-3-11-32-18/h17-22,32H,3-16H2,1-2H3,(H,34,40)(H,35,39)(H,36,41)(H,44,45)(H4,30,31,33)/t18-,19-,20-,21-,22-/m0/s1. The zero-order valence-electron chi connectivity index (χ0n) is 26.2. The van der Waals surface area contributed by atoms with Crippen molar-refractivity contribution in [3.05, 3.63) is 0 Å². The van der Waals surface area contributed by atoms with Crippen molar-refractivity contribution in [2.24, 2.45) is 11.7 Å². The Morgan fingerprint density at radius 3 is 2.13 bits per heavy atom. The van der Waals surface area contributed by atoms with Crippen LogP contribution >= 0.6 is 0 Å². The molecule has 3 aliphatic heterocycles. The number of nitrogens with zero attached hydrogens (tertiary/aromatic N) is 2. The van der Waals surface area contributed by atoms with Crippen LogP contribution in [0.5, 0.6) is 0 Å². The average molecular weight is 636 g/mol. The van der Waals surface area contributed by atoms with Crippen molar-refractivity contribution < 1.29 is 33.9 Å². The van der Waals surface area contributed by atoms with Gasteiger partial charge in [0.1, 0.15) is 24.2 Å². The predicted octanol–water partition coefficient (Wildman–Crippen LogP) is -1.80. The first kappa shape index (κ1) is 35.5. The molecule has 0 saturated carbocycles. The number of carboxylic acids is 1. The molecule has 5 atom stereocenters. The third-order valence-corrected chi connectivity index (χ3v) is 8.40. The lowest BCUT2D eigenvalue weighted by molar-refractivity contribution is -0.150. The van der Waals surface area contributed by atoms with Gasteiger partial charge in [0.05, 0.1) is 12.6 Å². The van der Waals surface area contributed by atoms with Crippen LogP contribution in [0.3, 0.4) is 0 Å². The summed E-state index contributed by atoms with van der Waals surface area (Å²) in [4.78, 5) is 80.4. The molecule has 3 heterocycles. The third kappa shape index (κ3) is 10.3. The number of aliphatic carboxylic acids is 1. The summed E-state index contributed by atoms with van der Waals surface area (Å²) < 4.78 is 0. The molecule has 0 radical (unpaired) electrons. The SMILES string of the molecule is CC(C)C[C@H](NC(=O)[C@@H]1CCCN1C(=O)[C@H](CCCNC(=N)N)NC(=O)CNC(=O)[C@@H]1CCCN1)C(=O)N1CCC[C@H]1C(=O)O. The van der Waals surface area contributed by atoms with Crippen LogP contribution in [0.2, 0.25) is 0 Å². The maximum atomic E-state index is 13.8. The Morgan fingerprint density at radius 2 is 1.53 bits per heavy atom. The molecule has 3 aliphatic rings. The molecular formula is C29H49N9O7. The number of guanidine groups is 1. The van der Waals surface area contributed by atoms with Gasteiger partial charge in [0.25, 0.3) is 0 Å². The maximum absolute atomic E-state index is 13.8. The van der Waals surface area contributed by atoms with E-state index in [1.807, 2.05) is 13.8 Å². The molecule has 16 heteroatoms. The number of carboxylic acid groups (broad SMARTS) is 1. The topological polar surface area (TPSA) is 239 Å². The monoisotopic (exact) mass is 635 g/mol. The van der Waals surface area contributed by atoms with E-state index in [-0.39, 0.29) is 49.9 Å². The third-order valence-electron chi connectivity index (χ3n) is 8.40. The van der Waals surface area contributed by atoms with Crippen LogP contribution in [-0.2, 0) is 28.8 Å². The number of nitrogens with two attached hydrogens (primary N) is 1. The van der Waals surface area contributed by atoms with Crippen molar-refractivity contribution in [1.82, 2.24) is 36.4 Å². The van der Waals surface area contributed by atoms with Crippen LogP contribution in [-0.4, -0.2) is 119 Å². The molecule has 3 fully saturated rings. The Morgan fingerprint density at radius 1 is 0.889 bits per heavy atom. The van der Waals surface area contributed by atoms with Crippen LogP contribution in [0.1, 0.15) is 71.6 Å². The predicted molar refractivity (Wildman–Crippen MR) is 164 cm³/mol. The number of amides is 5. The Bertz CT molecular complexity index is 1110. The zero-order valence-corrected chi connectivity index (χ0v) is 26.2. The first-order chi connectivity index (χ1) is 21.4. The minimum atomic E-state index is -1.08. The van der Waals surface area contributed by atoms with E-state index in [1.165, 1.54) is 9.80 Å². The molecule has 5 amide bonds. The van der Waals surface area contributed by atoms with Gasteiger partial charge in [-0.3, -0.25) is 29.4 Å². The van der Waals surface area contributed by atoms with Crippen LogP contribution in [0.4, 0.5) is 0 Å². The summed E-state index contributed by atoms with van der Waals surface area (Å²) in [5, 5.41) is 30.8. The van der Waals surface area contributed by atoms with Gasteiger partial charge in [-0.2, -0.15) is 0 Å². The van der Waals surface area contributed by atoms with Crippen molar-refractivity contribution in [3.8, 4) is 0 Å². The molecule has 45 heavy (non-hydrogen) atoms. The number of hydrogen-bond acceptors (Lipinski definition) is 8. The van der Waals surface area contributed by atoms with Gasteiger partial charge in [0.15, 0.2) is 5.96 Å². The Labute approximate surface area is 263 Å². The first-order valence-corrected chi connectivity index (χ1v) is 15.9. The normalized spacial score (nSPS) is 22.5. The van der Waals surface area contributed by atoms with Gasteiger partial charge in [-0.25, -0.2) is 4.79 Å². The fourth-order valence-electron chi connectivity index (χ4n) is 6.18. The fourth-order valence-corrected chi connectivity index (χ4v) is 6.18. The molecule has 0 aromatic heterocycles. The van der Waals surface area contributed by atoms with Gasteiger partial charge in [-0.05, 0) is 70.3 Å². The molecule has 0 bridgehead atoms. The van der Waals surface area contributed by atoms with Crippen LogP contribution < -0.4 is 32.3 Å². The Balaban J connectivity index is 1.68. The summed E-state index contributed by atoms with van der Waals surface area (Å²) >= 11 is 0. The summed E-state index contributed by atoms with van der Waals surface area (Å²) in [6, 6.07) is -4.12. The van der Waals surface area contributed by atoms with Crippen molar-refractivity contribution in [1.29, 1.82) is 5.41 Å². The molecule has 9 N–H and O–H groups in total. The maximum Gasteiger partial charge on any atom is 0.326 e. The molecule has 0 aromatic carbocycles. The minimum Gasteiger partial charge on any atom is -0.480 e. The highest BCUT2D eigenvalue weighted by Crippen LogP contribution is 2.23. The summed E-state index contributed by atoms with van der Waals surface area (Å²) in [6.07, 6.45) is 4.23. The smallest absolute Gasteiger partial charge is 0.326 e. The lowest BCUT2D eigenvalue weighted by atomic mass is 10.0. The summed E-state index contributed by atoms with van der Waals surface area (Å²) in [5.74, 6) is -3.55. The van der Waals surface area contributed by atoms with Gasteiger partial charge < -0.3 is 47.2 Å². The van der Waals surface area contributed by atoms with E-state index in [1.54, 1.807) is 0 Å². The Kier molecular flexibility index (Phi) is 13.4. The second-order valence-corrected chi connectivity index (χ2v) is 12.4. The van der Waals surface area contributed by atoms with Crippen molar-refractivity contribution in [3.63, 3.8) is 0 Å². The van der Waals surface area contributed by atoms with E-state index < -0.39 is 53.8 Å². The molecule has 0 aromatic rings. The van der Waals surface area contributed by atoms with E-state index >= 15 is 0 Å². The molecule has 3 rings (SSSR count). The molecule has 0 spiro atoms. The second-order valence-electron chi connectivity index (χ2n) is 12.4. The lowest BCUT2D eigenvalue weighted by Gasteiger charge is -2.32. The van der Waals surface area contributed by atoms with E-state index in [4.69, 9.17) is 11.1 Å². The number of hydrogen-bond donors (Lipinski definition) is 8. The van der Waals surface area contributed by atoms with Gasteiger partial charge in [-0.1, -0.05) is 13.8 Å². The second kappa shape index (κ2) is 16.9. The fraction of sp³-hybridized carbons (Fsp3) is 0.759. The number of carbonyl (C=O) groups excluding carboxylic acids is 5. The molecule has 0 unspecified atom stereocenters. The van der Waals surface area contributed by atoms with Crippen LogP contribution in [0.25, 0.3) is 0 Å². The number of rotatable bonds is 15. The largest absolute Gasteiger partial charge is 0.480 e. The summed E-state index contributed by atoms with van der Waals surface area (Å²) in [7, 11) is 0. The highest BCUT2D eigenvalue weighted by atomic mass is 16.4. The van der Waals surface area contributed by atoms with Crippen molar-refractivity contribution in [2.75, 3.05) is 32.7 Å². The number of likely N-dealkylation sites (tertiary alicyclic amines) is 2. The molecule has 3 saturated heterocycles. The van der Waals surface area contributed by atoms with Crippen molar-refractivity contribution >= 4 is 41.5 Å². The van der Waals surface area contributed by atoms with Gasteiger partial charge in [0.2, 0.25) is 29.5 Å². The molecule has 16 nitrogen and oxygen atoms in total. The number of carbonyl (C=O) groups is 6. The Hall–Kier alpha value is -3.95. The van der Waals surface area contributed by atoms with E-state index in [0.717, 1.165) is 13.0 Å².